The van der Waals surface area contributed by atoms with Crippen molar-refractivity contribution in [2.24, 2.45) is 0 Å². The molecule has 0 fully saturated rings. The van der Waals surface area contributed by atoms with Gasteiger partial charge in [-0.1, -0.05) is 15.9 Å². The van der Waals surface area contributed by atoms with Crippen LogP contribution < -0.4 is 4.74 Å². The lowest BCUT2D eigenvalue weighted by atomic mass is 10.2. The highest BCUT2D eigenvalue weighted by Crippen LogP contribution is 2.27. The number of rotatable bonds is 4. The highest BCUT2D eigenvalue weighted by molar-refractivity contribution is 9.10. The van der Waals surface area contributed by atoms with Crippen molar-refractivity contribution < 1.29 is 23.4 Å². The van der Waals surface area contributed by atoms with Crippen molar-refractivity contribution in [3.63, 3.8) is 0 Å². The Hall–Kier alpha value is -1.47. The molecule has 1 heterocycles. The fourth-order valence-corrected chi connectivity index (χ4v) is 2.59. The summed E-state index contributed by atoms with van der Waals surface area (Å²) < 4.78 is 32.0. The molecule has 0 radical (unpaired) electrons. The second-order valence-electron chi connectivity index (χ2n) is 3.57. The van der Waals surface area contributed by atoms with Crippen molar-refractivity contribution in [2.75, 3.05) is 0 Å². The SMILES string of the molecule is O=C(O)c1sccc1COc1cc(Br)cc(F)c1F. The first-order valence-electron chi connectivity index (χ1n) is 5.06. The molecule has 2 aromatic rings. The lowest BCUT2D eigenvalue weighted by Gasteiger charge is -2.08. The van der Waals surface area contributed by atoms with E-state index in [9.17, 15) is 13.6 Å². The Kier molecular flexibility index (Phi) is 4.16. The Morgan fingerprint density at radius 2 is 2.16 bits per heavy atom. The smallest absolute Gasteiger partial charge is 0.346 e. The molecule has 0 bridgehead atoms. The van der Waals surface area contributed by atoms with Crippen LogP contribution in [0.2, 0.25) is 0 Å². The van der Waals surface area contributed by atoms with Gasteiger partial charge in [0.05, 0.1) is 0 Å². The number of hydrogen-bond donors (Lipinski definition) is 1. The van der Waals surface area contributed by atoms with E-state index in [4.69, 9.17) is 9.84 Å². The van der Waals surface area contributed by atoms with Gasteiger partial charge in [0.1, 0.15) is 11.5 Å². The van der Waals surface area contributed by atoms with Gasteiger partial charge in [0.15, 0.2) is 11.6 Å². The Morgan fingerprint density at radius 3 is 2.84 bits per heavy atom. The molecule has 0 aliphatic carbocycles. The number of aromatic carboxylic acids is 1. The molecule has 0 saturated heterocycles. The van der Waals surface area contributed by atoms with Crippen LogP contribution in [0.1, 0.15) is 15.2 Å². The summed E-state index contributed by atoms with van der Waals surface area (Å²) in [6, 6.07) is 3.83. The van der Waals surface area contributed by atoms with Crippen LogP contribution >= 0.6 is 27.3 Å². The van der Waals surface area contributed by atoms with Crippen LogP contribution in [0.15, 0.2) is 28.1 Å². The molecular weight excluding hydrogens is 342 g/mol. The van der Waals surface area contributed by atoms with E-state index in [2.05, 4.69) is 15.9 Å². The first-order chi connectivity index (χ1) is 8.99. The summed E-state index contributed by atoms with van der Waals surface area (Å²) in [5.74, 6) is -3.48. The number of ether oxygens (including phenoxy) is 1. The number of carboxylic acid groups (broad SMARTS) is 1. The molecule has 2 rings (SSSR count). The highest BCUT2D eigenvalue weighted by Gasteiger charge is 2.15. The quantitative estimate of drug-likeness (QED) is 0.847. The van der Waals surface area contributed by atoms with Gasteiger partial charge in [-0.2, -0.15) is 4.39 Å². The second-order valence-corrected chi connectivity index (χ2v) is 5.40. The summed E-state index contributed by atoms with van der Waals surface area (Å²) >= 11 is 4.07. The average Bonchev–Trinajstić information content (AvgIpc) is 2.80. The van der Waals surface area contributed by atoms with Crippen LogP contribution in [0.25, 0.3) is 0 Å². The number of benzene rings is 1. The Labute approximate surface area is 119 Å². The molecule has 1 aromatic heterocycles. The van der Waals surface area contributed by atoms with Crippen LogP contribution in [-0.4, -0.2) is 11.1 Å². The van der Waals surface area contributed by atoms with E-state index < -0.39 is 17.6 Å². The number of hydrogen-bond acceptors (Lipinski definition) is 3. The molecule has 0 atom stereocenters. The fraction of sp³-hybridized carbons (Fsp3) is 0.0833. The number of halogens is 3. The van der Waals surface area contributed by atoms with Gasteiger partial charge in [0, 0.05) is 10.0 Å². The third-order valence-electron chi connectivity index (χ3n) is 2.28. The van der Waals surface area contributed by atoms with E-state index in [1.54, 1.807) is 11.4 Å². The van der Waals surface area contributed by atoms with E-state index in [1.807, 2.05) is 0 Å². The monoisotopic (exact) mass is 348 g/mol. The minimum absolute atomic E-state index is 0.121. The fourth-order valence-electron chi connectivity index (χ4n) is 1.43. The van der Waals surface area contributed by atoms with Gasteiger partial charge >= 0.3 is 5.97 Å². The van der Waals surface area contributed by atoms with Crippen molar-refractivity contribution in [1.29, 1.82) is 0 Å². The third kappa shape index (κ3) is 3.10. The maximum atomic E-state index is 13.4. The van der Waals surface area contributed by atoms with E-state index in [1.165, 1.54) is 6.07 Å². The Balaban J connectivity index is 2.19. The topological polar surface area (TPSA) is 46.5 Å². The van der Waals surface area contributed by atoms with Crippen molar-refractivity contribution in [3.05, 3.63) is 50.1 Å². The van der Waals surface area contributed by atoms with Crippen molar-refractivity contribution in [2.45, 2.75) is 6.61 Å². The molecule has 3 nitrogen and oxygen atoms in total. The molecule has 0 saturated carbocycles. The van der Waals surface area contributed by atoms with E-state index in [0.717, 1.165) is 17.4 Å². The maximum absolute atomic E-state index is 13.4. The summed E-state index contributed by atoms with van der Waals surface area (Å²) in [6.45, 7) is -0.141. The standard InChI is InChI=1S/C12H7BrF2O3S/c13-7-3-8(14)10(15)9(4-7)18-5-6-1-2-19-11(6)12(16)17/h1-4H,5H2,(H,16,17). The lowest BCUT2D eigenvalue weighted by molar-refractivity contribution is 0.0699. The average molecular weight is 349 g/mol. The molecule has 7 heteroatoms. The molecule has 0 unspecified atom stereocenters. The second kappa shape index (κ2) is 5.66. The van der Waals surface area contributed by atoms with Crippen molar-refractivity contribution in [3.8, 4) is 5.75 Å². The minimum atomic E-state index is -1.10. The molecule has 0 amide bonds. The molecule has 0 aliphatic heterocycles. The normalized spacial score (nSPS) is 10.5. The minimum Gasteiger partial charge on any atom is -0.486 e. The first kappa shape index (κ1) is 14.0. The van der Waals surface area contributed by atoms with E-state index in [0.29, 0.717) is 10.0 Å². The summed E-state index contributed by atoms with van der Waals surface area (Å²) in [5.41, 5.74) is 0.414. The summed E-state index contributed by atoms with van der Waals surface area (Å²) in [6.07, 6.45) is 0. The van der Waals surface area contributed by atoms with Crippen LogP contribution in [0.3, 0.4) is 0 Å². The summed E-state index contributed by atoms with van der Waals surface area (Å²) in [4.78, 5) is 11.0. The van der Waals surface area contributed by atoms with Gasteiger partial charge in [-0.3, -0.25) is 0 Å². The molecule has 0 aliphatic rings. The van der Waals surface area contributed by atoms with E-state index >= 15 is 0 Å². The Morgan fingerprint density at radius 1 is 1.42 bits per heavy atom. The van der Waals surface area contributed by atoms with Gasteiger partial charge < -0.3 is 9.84 Å². The molecule has 100 valence electrons. The zero-order valence-corrected chi connectivity index (χ0v) is 11.7. The lowest BCUT2D eigenvalue weighted by Crippen LogP contribution is -2.03. The first-order valence-corrected chi connectivity index (χ1v) is 6.73. The summed E-state index contributed by atoms with van der Waals surface area (Å²) in [7, 11) is 0. The van der Waals surface area contributed by atoms with Crippen LogP contribution in [0, 0.1) is 11.6 Å². The van der Waals surface area contributed by atoms with Crippen LogP contribution in [0.4, 0.5) is 8.78 Å². The van der Waals surface area contributed by atoms with Crippen LogP contribution in [-0.2, 0) is 6.61 Å². The van der Waals surface area contributed by atoms with Crippen molar-refractivity contribution in [1.82, 2.24) is 0 Å². The Bertz CT molecular complexity index is 627. The van der Waals surface area contributed by atoms with Gasteiger partial charge in [-0.15, -0.1) is 11.3 Å². The highest BCUT2D eigenvalue weighted by atomic mass is 79.9. The zero-order valence-electron chi connectivity index (χ0n) is 9.32. The zero-order chi connectivity index (χ0) is 14.0. The largest absolute Gasteiger partial charge is 0.486 e. The molecular formula is C12H7BrF2O3S. The number of carbonyl (C=O) groups is 1. The van der Waals surface area contributed by atoms with Gasteiger partial charge in [0.2, 0.25) is 5.82 Å². The van der Waals surface area contributed by atoms with Gasteiger partial charge in [-0.25, -0.2) is 9.18 Å². The predicted molar refractivity (Wildman–Crippen MR) is 69.7 cm³/mol. The maximum Gasteiger partial charge on any atom is 0.346 e. The van der Waals surface area contributed by atoms with Crippen molar-refractivity contribution >= 4 is 33.2 Å². The van der Waals surface area contributed by atoms with Gasteiger partial charge in [0.25, 0.3) is 0 Å². The third-order valence-corrected chi connectivity index (χ3v) is 3.69. The number of carboxylic acids is 1. The predicted octanol–water partition coefficient (Wildman–Crippen LogP) is 4.07. The van der Waals surface area contributed by atoms with Crippen LogP contribution in [0.5, 0.6) is 5.75 Å². The summed E-state index contributed by atoms with van der Waals surface area (Å²) in [5, 5.41) is 10.5. The molecule has 19 heavy (non-hydrogen) atoms. The molecule has 0 spiro atoms. The molecule has 1 N–H and O–H groups in total. The molecule has 1 aromatic carbocycles. The van der Waals surface area contributed by atoms with E-state index in [-0.39, 0.29) is 17.2 Å². The number of thiophene rings is 1. The van der Waals surface area contributed by atoms with Gasteiger partial charge in [-0.05, 0) is 23.6 Å².